The smallest absolute Gasteiger partial charge is 0.220 e. The van der Waals surface area contributed by atoms with Crippen LogP contribution in [0.5, 0.6) is 0 Å². The third-order valence-corrected chi connectivity index (χ3v) is 2.95. The summed E-state index contributed by atoms with van der Waals surface area (Å²) in [6, 6.07) is 9.10. The predicted molar refractivity (Wildman–Crippen MR) is 55.4 cm³/mol. The Morgan fingerprint density at radius 3 is 2.71 bits per heavy atom. The van der Waals surface area contributed by atoms with Gasteiger partial charge in [-0.2, -0.15) is 0 Å². The highest BCUT2D eigenvalue weighted by atomic mass is 31.1. The van der Waals surface area contributed by atoms with E-state index in [2.05, 4.69) is 0 Å². The summed E-state index contributed by atoms with van der Waals surface area (Å²) in [5.41, 5.74) is 2.01. The van der Waals surface area contributed by atoms with Crippen molar-refractivity contribution >= 4 is 13.3 Å². The molecule has 1 aromatic rings. The van der Waals surface area contributed by atoms with E-state index < -0.39 is 8.03 Å². The quantitative estimate of drug-likeness (QED) is 0.425. The molecule has 0 amide bonds. The molecule has 0 spiro atoms. The minimum absolute atomic E-state index is 0.389. The second-order valence-corrected chi connectivity index (χ2v) is 4.20. The summed E-state index contributed by atoms with van der Waals surface area (Å²) in [6.45, 7) is 0.837. The third-order valence-electron chi connectivity index (χ3n) is 1.68. The van der Waals surface area contributed by atoms with Crippen LogP contribution in [0.4, 0.5) is 0 Å². The lowest BCUT2D eigenvalue weighted by Crippen LogP contribution is -2.10. The molecule has 1 atom stereocenters. The van der Waals surface area contributed by atoms with Gasteiger partial charge in [-0.1, -0.05) is 18.2 Å². The van der Waals surface area contributed by atoms with Crippen LogP contribution in [0.1, 0.15) is 6.42 Å². The molecule has 1 unspecified atom stereocenters. The first-order valence-corrected chi connectivity index (χ1v) is 5.75. The Morgan fingerprint density at radius 2 is 2.07 bits per heavy atom. The fraction of sp³-hybridized carbons (Fsp3) is 0.333. The van der Waals surface area contributed by atoms with Crippen molar-refractivity contribution in [2.45, 2.75) is 6.42 Å². The molecule has 0 aliphatic rings. The highest BCUT2D eigenvalue weighted by Crippen LogP contribution is 2.20. The van der Waals surface area contributed by atoms with E-state index in [0.717, 1.165) is 5.30 Å². The highest BCUT2D eigenvalue weighted by Gasteiger charge is 2.01. The number of hydrogen-bond acceptors (Lipinski definition) is 4. The third kappa shape index (κ3) is 4.03. The zero-order chi connectivity index (χ0) is 10.2. The number of hydrogen-bond donors (Lipinski definition) is 2. The molecule has 0 radical (unpaired) electrons. The minimum Gasteiger partial charge on any atom is -0.327 e. The summed E-state index contributed by atoms with van der Waals surface area (Å²) < 4.78 is 16.6. The molecule has 5 heteroatoms. The van der Waals surface area contributed by atoms with Gasteiger partial charge in [0, 0.05) is 11.8 Å². The first-order valence-electron chi connectivity index (χ1n) is 4.43. The summed E-state index contributed by atoms with van der Waals surface area (Å²) in [5, 5.41) is 9.00. The van der Waals surface area contributed by atoms with Gasteiger partial charge in [-0.05, 0) is 18.6 Å². The van der Waals surface area contributed by atoms with Gasteiger partial charge in [0.05, 0.1) is 6.61 Å². The van der Waals surface area contributed by atoms with Crippen molar-refractivity contribution < 1.29 is 14.3 Å². The van der Waals surface area contributed by atoms with Crippen LogP contribution in [-0.2, 0) is 9.09 Å². The van der Waals surface area contributed by atoms with Gasteiger partial charge in [0.2, 0.25) is 8.03 Å². The van der Waals surface area contributed by atoms with Gasteiger partial charge in [0.15, 0.2) is 0 Å². The standard InChI is InChI=1S/C9H14NO3P/c11-10-7-4-8-13-14(12)9-5-2-1-3-6-9/h1-3,5-6,10-11,14H,4,7-8H2. The van der Waals surface area contributed by atoms with E-state index in [4.69, 9.17) is 9.73 Å². The molecule has 0 saturated heterocycles. The lowest BCUT2D eigenvalue weighted by Gasteiger charge is -2.03. The van der Waals surface area contributed by atoms with Crippen LogP contribution >= 0.6 is 8.03 Å². The zero-order valence-electron chi connectivity index (χ0n) is 7.77. The van der Waals surface area contributed by atoms with Crippen LogP contribution in [0.3, 0.4) is 0 Å². The van der Waals surface area contributed by atoms with Crippen molar-refractivity contribution in [2.24, 2.45) is 0 Å². The van der Waals surface area contributed by atoms with E-state index in [9.17, 15) is 4.57 Å². The van der Waals surface area contributed by atoms with E-state index in [1.54, 1.807) is 12.1 Å². The number of rotatable bonds is 6. The predicted octanol–water partition coefficient (Wildman–Crippen LogP) is 1.17. The average molecular weight is 215 g/mol. The Labute approximate surface area is 83.7 Å². The molecule has 14 heavy (non-hydrogen) atoms. The van der Waals surface area contributed by atoms with Crippen LogP contribution in [-0.4, -0.2) is 18.4 Å². The molecular weight excluding hydrogens is 201 g/mol. The summed E-state index contributed by atoms with van der Waals surface area (Å²) >= 11 is 0. The van der Waals surface area contributed by atoms with Crippen LogP contribution in [0.2, 0.25) is 0 Å². The van der Waals surface area contributed by atoms with Gasteiger partial charge >= 0.3 is 0 Å². The molecule has 78 valence electrons. The maximum absolute atomic E-state index is 11.5. The second kappa shape index (κ2) is 6.74. The minimum atomic E-state index is -2.11. The van der Waals surface area contributed by atoms with Crippen LogP contribution in [0, 0.1) is 0 Å². The SMILES string of the molecule is O=[PH](OCCCNO)c1ccccc1. The molecule has 0 bridgehead atoms. The molecule has 1 rings (SSSR count). The van der Waals surface area contributed by atoms with Crippen LogP contribution in [0.25, 0.3) is 0 Å². The van der Waals surface area contributed by atoms with E-state index >= 15 is 0 Å². The molecule has 0 aromatic heterocycles. The van der Waals surface area contributed by atoms with E-state index in [-0.39, 0.29) is 0 Å². The normalized spacial score (nSPS) is 12.6. The second-order valence-electron chi connectivity index (χ2n) is 2.76. The fourth-order valence-corrected chi connectivity index (χ4v) is 1.93. The van der Waals surface area contributed by atoms with E-state index in [1.165, 1.54) is 0 Å². The highest BCUT2D eigenvalue weighted by molar-refractivity contribution is 7.48. The number of nitrogens with one attached hydrogen (secondary N) is 1. The molecule has 4 nitrogen and oxygen atoms in total. The fourth-order valence-electron chi connectivity index (χ4n) is 0.974. The van der Waals surface area contributed by atoms with Crippen molar-refractivity contribution in [3.63, 3.8) is 0 Å². The largest absolute Gasteiger partial charge is 0.327 e. The number of hydroxylamine groups is 1. The van der Waals surface area contributed by atoms with E-state index in [0.29, 0.717) is 19.6 Å². The van der Waals surface area contributed by atoms with Gasteiger partial charge in [0.1, 0.15) is 0 Å². The first kappa shape index (κ1) is 11.4. The Hall–Kier alpha value is -0.670. The summed E-state index contributed by atoms with van der Waals surface area (Å²) in [4.78, 5) is 0. The Kier molecular flexibility index (Phi) is 5.49. The number of benzene rings is 1. The monoisotopic (exact) mass is 215 g/mol. The van der Waals surface area contributed by atoms with Gasteiger partial charge in [-0.15, -0.1) is 0 Å². The Morgan fingerprint density at radius 1 is 1.36 bits per heavy atom. The van der Waals surface area contributed by atoms with Crippen LogP contribution < -0.4 is 10.8 Å². The molecule has 0 saturated carbocycles. The van der Waals surface area contributed by atoms with Gasteiger partial charge in [-0.3, -0.25) is 4.57 Å². The van der Waals surface area contributed by atoms with Gasteiger partial charge in [-0.25, -0.2) is 5.48 Å². The molecule has 2 N–H and O–H groups in total. The Bertz CT molecular complexity index is 279. The summed E-state index contributed by atoms with van der Waals surface area (Å²) in [5.74, 6) is 0. The van der Waals surface area contributed by atoms with E-state index in [1.807, 2.05) is 23.7 Å². The molecule has 0 fully saturated rings. The molecule has 0 heterocycles. The van der Waals surface area contributed by atoms with Gasteiger partial charge < -0.3 is 9.73 Å². The molecular formula is C9H14NO3P. The van der Waals surface area contributed by atoms with Crippen molar-refractivity contribution in [3.8, 4) is 0 Å². The molecule has 0 aliphatic carbocycles. The molecule has 0 aliphatic heterocycles. The van der Waals surface area contributed by atoms with Crippen molar-refractivity contribution in [1.82, 2.24) is 5.48 Å². The van der Waals surface area contributed by atoms with Gasteiger partial charge in [0.25, 0.3) is 0 Å². The van der Waals surface area contributed by atoms with Crippen molar-refractivity contribution in [3.05, 3.63) is 30.3 Å². The lowest BCUT2D eigenvalue weighted by atomic mass is 10.4. The lowest BCUT2D eigenvalue weighted by molar-refractivity contribution is 0.158. The topological polar surface area (TPSA) is 58.6 Å². The van der Waals surface area contributed by atoms with Crippen molar-refractivity contribution in [1.29, 1.82) is 0 Å². The average Bonchev–Trinajstić information content (AvgIpc) is 2.25. The summed E-state index contributed by atoms with van der Waals surface area (Å²) in [7, 11) is -2.11. The molecule has 1 aromatic carbocycles. The van der Waals surface area contributed by atoms with Crippen molar-refractivity contribution in [2.75, 3.05) is 13.2 Å². The zero-order valence-corrected chi connectivity index (χ0v) is 8.77. The Balaban J connectivity index is 2.29. The first-order chi connectivity index (χ1) is 6.84. The van der Waals surface area contributed by atoms with Crippen LogP contribution in [0.15, 0.2) is 30.3 Å². The maximum Gasteiger partial charge on any atom is 0.220 e. The summed E-state index contributed by atoms with van der Waals surface area (Å²) in [6.07, 6.45) is 0.639. The maximum atomic E-state index is 11.5.